The highest BCUT2D eigenvalue weighted by molar-refractivity contribution is 5.69. The fourth-order valence-corrected chi connectivity index (χ4v) is 5.69. The Kier molecular flexibility index (Phi) is 5.65. The van der Waals surface area contributed by atoms with Gasteiger partial charge in [0.2, 0.25) is 0 Å². The summed E-state index contributed by atoms with van der Waals surface area (Å²) in [5.41, 5.74) is 6.22. The van der Waals surface area contributed by atoms with E-state index >= 15 is 0 Å². The number of aliphatic hydroxyl groups is 1. The first-order chi connectivity index (χ1) is 17.1. The molecule has 2 aromatic carbocycles. The van der Waals surface area contributed by atoms with Crippen LogP contribution in [0.1, 0.15) is 37.8 Å². The molecule has 1 unspecified atom stereocenters. The number of rotatable bonds is 6. The maximum Gasteiger partial charge on any atom is 0.129 e. The molecule has 6 nitrogen and oxygen atoms in total. The molecule has 1 fully saturated rings. The van der Waals surface area contributed by atoms with Crippen molar-refractivity contribution in [2.24, 2.45) is 5.92 Å². The number of anilines is 1. The molecule has 1 saturated heterocycles. The van der Waals surface area contributed by atoms with Gasteiger partial charge in [-0.3, -0.25) is 4.68 Å². The van der Waals surface area contributed by atoms with Crippen molar-refractivity contribution < 1.29 is 9.50 Å². The van der Waals surface area contributed by atoms with Crippen LogP contribution in [0.25, 0.3) is 22.4 Å². The first-order valence-electron chi connectivity index (χ1n) is 12.5. The quantitative estimate of drug-likeness (QED) is 0.423. The molecule has 2 aliphatic heterocycles. The number of aliphatic hydroxyl groups excluding tert-OH is 1. The zero-order valence-electron chi connectivity index (χ0n) is 19.9. The second-order valence-electron chi connectivity index (χ2n) is 9.72. The zero-order valence-corrected chi connectivity index (χ0v) is 19.9. The normalized spacial score (nSPS) is 18.5. The molecule has 1 N–H and O–H groups in total. The van der Waals surface area contributed by atoms with Crippen molar-refractivity contribution in [2.75, 3.05) is 18.0 Å². The monoisotopic (exact) mass is 471 g/mol. The van der Waals surface area contributed by atoms with E-state index in [4.69, 9.17) is 0 Å². The molecule has 4 aromatic rings. The number of hydrogen-bond acceptors (Lipinski definition) is 4. The molecular weight excluding hydrogens is 441 g/mol. The second-order valence-corrected chi connectivity index (χ2v) is 9.72. The standard InChI is InChI=1S/C28H30FN5O/c1-2-23(35)17-33-16-21(14-31-33)19-6-8-22(9-7-19)32-12-10-20(11-13-32)28-27-24(4-3-5-25(27)29)26-15-30-18-34(26)28/h3-9,14-16,18,20,23,28,35H,2,10-13,17H2,1H3/t23-,28?/m0/s1. The van der Waals surface area contributed by atoms with Gasteiger partial charge in [0.25, 0.3) is 0 Å². The molecule has 0 spiro atoms. The number of imidazole rings is 1. The SMILES string of the molecule is CC[C@H](O)Cn1cc(-c2ccc(N3CCC(C4c5c(F)cccc5-c5cncn54)CC3)cc2)cn1. The molecule has 7 heteroatoms. The van der Waals surface area contributed by atoms with Crippen molar-refractivity contribution in [3.63, 3.8) is 0 Å². The molecule has 2 aromatic heterocycles. The largest absolute Gasteiger partial charge is 0.391 e. The molecule has 0 bridgehead atoms. The summed E-state index contributed by atoms with van der Waals surface area (Å²) in [5.74, 6) is 0.266. The smallest absolute Gasteiger partial charge is 0.129 e. The zero-order chi connectivity index (χ0) is 23.9. The molecule has 35 heavy (non-hydrogen) atoms. The predicted octanol–water partition coefficient (Wildman–Crippen LogP) is 5.14. The summed E-state index contributed by atoms with van der Waals surface area (Å²) in [6.07, 6.45) is 9.90. The topological polar surface area (TPSA) is 59.1 Å². The van der Waals surface area contributed by atoms with Gasteiger partial charge < -0.3 is 14.6 Å². The average Bonchev–Trinajstić information content (AvgIpc) is 3.61. The van der Waals surface area contributed by atoms with Gasteiger partial charge in [-0.2, -0.15) is 5.10 Å². The summed E-state index contributed by atoms with van der Waals surface area (Å²) in [4.78, 5) is 6.77. The number of aromatic nitrogens is 4. The Labute approximate surface area is 204 Å². The molecule has 0 amide bonds. The van der Waals surface area contributed by atoms with Crippen molar-refractivity contribution in [2.45, 2.75) is 44.9 Å². The predicted molar refractivity (Wildman–Crippen MR) is 135 cm³/mol. The number of halogens is 1. The van der Waals surface area contributed by atoms with Gasteiger partial charge in [-0.1, -0.05) is 31.2 Å². The van der Waals surface area contributed by atoms with Crippen LogP contribution in [0.4, 0.5) is 10.1 Å². The van der Waals surface area contributed by atoms with Crippen LogP contribution in [0.2, 0.25) is 0 Å². The lowest BCUT2D eigenvalue weighted by molar-refractivity contribution is 0.145. The van der Waals surface area contributed by atoms with Gasteiger partial charge in [0.05, 0.1) is 43.1 Å². The lowest BCUT2D eigenvalue weighted by Crippen LogP contribution is -2.36. The summed E-state index contributed by atoms with van der Waals surface area (Å²) < 4.78 is 18.8. The third-order valence-electron chi connectivity index (χ3n) is 7.64. The molecule has 4 heterocycles. The van der Waals surface area contributed by atoms with Crippen LogP contribution >= 0.6 is 0 Å². The maximum absolute atomic E-state index is 14.9. The fraction of sp³-hybridized carbons (Fsp3) is 0.357. The summed E-state index contributed by atoms with van der Waals surface area (Å²) in [7, 11) is 0. The molecule has 0 radical (unpaired) electrons. The van der Waals surface area contributed by atoms with Crippen molar-refractivity contribution in [1.82, 2.24) is 19.3 Å². The van der Waals surface area contributed by atoms with Crippen LogP contribution in [0.3, 0.4) is 0 Å². The van der Waals surface area contributed by atoms with Crippen LogP contribution in [0.5, 0.6) is 0 Å². The molecule has 180 valence electrons. The molecular formula is C28H30FN5O. The number of benzene rings is 2. The van der Waals surface area contributed by atoms with E-state index in [1.54, 1.807) is 16.8 Å². The van der Waals surface area contributed by atoms with Gasteiger partial charge in [0.1, 0.15) is 5.82 Å². The Bertz CT molecular complexity index is 1320. The fourth-order valence-electron chi connectivity index (χ4n) is 5.69. The maximum atomic E-state index is 14.9. The van der Waals surface area contributed by atoms with Crippen molar-refractivity contribution in [3.8, 4) is 22.4 Å². The van der Waals surface area contributed by atoms with Crippen LogP contribution in [0.15, 0.2) is 67.4 Å². The van der Waals surface area contributed by atoms with Gasteiger partial charge >= 0.3 is 0 Å². The van der Waals surface area contributed by atoms with Crippen molar-refractivity contribution in [1.29, 1.82) is 0 Å². The summed E-state index contributed by atoms with van der Waals surface area (Å²) in [5, 5.41) is 14.3. The van der Waals surface area contributed by atoms with Gasteiger partial charge in [0.15, 0.2) is 0 Å². The number of nitrogens with zero attached hydrogens (tertiary/aromatic N) is 5. The van der Waals surface area contributed by atoms with E-state index < -0.39 is 0 Å². The summed E-state index contributed by atoms with van der Waals surface area (Å²) >= 11 is 0. The number of piperidine rings is 1. The lowest BCUT2D eigenvalue weighted by atomic mass is 9.85. The van der Waals surface area contributed by atoms with Gasteiger partial charge in [-0.25, -0.2) is 9.37 Å². The van der Waals surface area contributed by atoms with E-state index in [9.17, 15) is 9.50 Å². The third-order valence-corrected chi connectivity index (χ3v) is 7.64. The summed E-state index contributed by atoms with van der Waals surface area (Å²) in [6, 6.07) is 14.0. The first kappa shape index (κ1) is 22.0. The van der Waals surface area contributed by atoms with E-state index in [1.165, 1.54) is 5.69 Å². The molecule has 2 aliphatic rings. The van der Waals surface area contributed by atoms with E-state index in [-0.39, 0.29) is 18.0 Å². The van der Waals surface area contributed by atoms with E-state index in [0.717, 1.165) is 53.9 Å². The van der Waals surface area contributed by atoms with E-state index in [0.29, 0.717) is 18.9 Å². The van der Waals surface area contributed by atoms with Gasteiger partial charge in [-0.05, 0) is 48.9 Å². The van der Waals surface area contributed by atoms with Crippen molar-refractivity contribution in [3.05, 3.63) is 78.8 Å². The Balaban J connectivity index is 1.14. The van der Waals surface area contributed by atoms with Crippen LogP contribution in [-0.4, -0.2) is 43.6 Å². The van der Waals surface area contributed by atoms with Crippen LogP contribution in [-0.2, 0) is 6.54 Å². The van der Waals surface area contributed by atoms with Crippen molar-refractivity contribution >= 4 is 5.69 Å². The Morgan fingerprint density at radius 2 is 1.86 bits per heavy atom. The van der Waals surface area contributed by atoms with Crippen LogP contribution < -0.4 is 4.90 Å². The second kappa shape index (κ2) is 8.96. The highest BCUT2D eigenvalue weighted by atomic mass is 19.1. The van der Waals surface area contributed by atoms with Gasteiger partial charge in [-0.15, -0.1) is 0 Å². The first-order valence-corrected chi connectivity index (χ1v) is 12.5. The lowest BCUT2D eigenvalue weighted by Gasteiger charge is -2.37. The Hall–Kier alpha value is -3.45. The van der Waals surface area contributed by atoms with Gasteiger partial charge in [0, 0.05) is 41.7 Å². The van der Waals surface area contributed by atoms with E-state index in [2.05, 4.69) is 43.8 Å². The third kappa shape index (κ3) is 3.93. The number of fused-ring (bicyclic) bond motifs is 3. The minimum atomic E-state index is -0.373. The highest BCUT2D eigenvalue weighted by Crippen LogP contribution is 2.47. The molecule has 0 saturated carbocycles. The highest BCUT2D eigenvalue weighted by Gasteiger charge is 2.37. The number of hydrogen-bond donors (Lipinski definition) is 1. The van der Waals surface area contributed by atoms with E-state index in [1.807, 2.05) is 37.9 Å². The minimum Gasteiger partial charge on any atom is -0.391 e. The molecule has 0 aliphatic carbocycles. The Morgan fingerprint density at radius 3 is 2.63 bits per heavy atom. The average molecular weight is 472 g/mol. The molecule has 2 atom stereocenters. The Morgan fingerprint density at radius 1 is 1.06 bits per heavy atom. The minimum absolute atomic E-state index is 0.0241. The summed E-state index contributed by atoms with van der Waals surface area (Å²) in [6.45, 7) is 4.37. The van der Waals surface area contributed by atoms with Crippen LogP contribution in [0, 0.1) is 11.7 Å². The molecule has 6 rings (SSSR count).